The number of nitrogens with two attached hydrogens (primary N) is 1. The lowest BCUT2D eigenvalue weighted by molar-refractivity contribution is -0.130. The van der Waals surface area contributed by atoms with Gasteiger partial charge in [0.05, 0.1) is 11.6 Å². The maximum Gasteiger partial charge on any atom is 0.240 e. The zero-order valence-electron chi connectivity index (χ0n) is 11.1. The van der Waals surface area contributed by atoms with Crippen LogP contribution in [0.15, 0.2) is 24.3 Å². The van der Waals surface area contributed by atoms with Gasteiger partial charge >= 0.3 is 0 Å². The molecular weight excluding hydrogens is 244 g/mol. The Hall–Kier alpha value is -1.59. The Morgan fingerprint density at radius 2 is 2.16 bits per heavy atom. The Bertz CT molecular complexity index is 456. The van der Waals surface area contributed by atoms with Crippen molar-refractivity contribution in [2.75, 3.05) is 13.2 Å². The Labute approximate surface area is 112 Å². The number of carbonyl (C=O) groups is 1. The second kappa shape index (κ2) is 5.59. The van der Waals surface area contributed by atoms with E-state index in [0.717, 1.165) is 5.56 Å². The minimum Gasteiger partial charge on any atom is -0.508 e. The van der Waals surface area contributed by atoms with Gasteiger partial charge in [-0.15, -0.1) is 0 Å². The number of phenols is 1. The predicted octanol–water partition coefficient (Wildman–Crippen LogP) is 1.08. The van der Waals surface area contributed by atoms with Crippen LogP contribution in [0, 0.1) is 0 Å². The SMILES string of the molecule is CC(NC(=O)C1(N)CCOCC1)c1cccc(O)c1. The predicted molar refractivity (Wildman–Crippen MR) is 71.6 cm³/mol. The lowest BCUT2D eigenvalue weighted by Gasteiger charge is -2.33. The molecule has 1 aliphatic rings. The highest BCUT2D eigenvalue weighted by Crippen LogP contribution is 2.21. The second-order valence-corrected chi connectivity index (χ2v) is 5.06. The lowest BCUT2D eigenvalue weighted by Crippen LogP contribution is -2.57. The summed E-state index contributed by atoms with van der Waals surface area (Å²) in [7, 11) is 0. The topological polar surface area (TPSA) is 84.6 Å². The highest BCUT2D eigenvalue weighted by atomic mass is 16.5. The van der Waals surface area contributed by atoms with E-state index in [1.165, 1.54) is 0 Å². The van der Waals surface area contributed by atoms with Crippen molar-refractivity contribution in [2.24, 2.45) is 5.73 Å². The number of carbonyl (C=O) groups excluding carboxylic acids is 1. The Morgan fingerprint density at radius 3 is 2.79 bits per heavy atom. The minimum absolute atomic E-state index is 0.161. The number of hydrogen-bond donors (Lipinski definition) is 3. The molecule has 5 nitrogen and oxygen atoms in total. The Kier molecular flexibility index (Phi) is 4.07. The van der Waals surface area contributed by atoms with E-state index >= 15 is 0 Å². The molecule has 1 aromatic carbocycles. The maximum absolute atomic E-state index is 12.2. The van der Waals surface area contributed by atoms with Crippen LogP contribution in [0.4, 0.5) is 0 Å². The molecule has 1 unspecified atom stereocenters. The molecule has 0 aliphatic carbocycles. The van der Waals surface area contributed by atoms with Crippen LogP contribution in [0.1, 0.15) is 31.4 Å². The number of benzene rings is 1. The van der Waals surface area contributed by atoms with Crippen molar-refractivity contribution in [3.63, 3.8) is 0 Å². The first kappa shape index (κ1) is 13.8. The van der Waals surface area contributed by atoms with Crippen LogP contribution in [0.25, 0.3) is 0 Å². The quantitative estimate of drug-likeness (QED) is 0.762. The summed E-state index contributed by atoms with van der Waals surface area (Å²) < 4.78 is 5.23. The first-order valence-corrected chi connectivity index (χ1v) is 6.48. The highest BCUT2D eigenvalue weighted by Gasteiger charge is 2.36. The summed E-state index contributed by atoms with van der Waals surface area (Å²) in [5, 5.41) is 12.3. The first-order valence-electron chi connectivity index (χ1n) is 6.48. The van der Waals surface area contributed by atoms with Gasteiger partial charge < -0.3 is 20.9 Å². The Balaban J connectivity index is 2.02. The average molecular weight is 264 g/mol. The maximum atomic E-state index is 12.2. The van der Waals surface area contributed by atoms with Gasteiger partial charge in [0.15, 0.2) is 0 Å². The molecule has 5 heteroatoms. The van der Waals surface area contributed by atoms with Crippen molar-refractivity contribution in [3.8, 4) is 5.75 Å². The van der Waals surface area contributed by atoms with E-state index in [1.54, 1.807) is 18.2 Å². The molecule has 104 valence electrons. The van der Waals surface area contributed by atoms with Crippen molar-refractivity contribution < 1.29 is 14.6 Å². The average Bonchev–Trinajstić information content (AvgIpc) is 2.39. The fraction of sp³-hybridized carbons (Fsp3) is 0.500. The summed E-state index contributed by atoms with van der Waals surface area (Å²) in [6, 6.07) is 6.65. The van der Waals surface area contributed by atoms with Gasteiger partial charge in [0.2, 0.25) is 5.91 Å². The Morgan fingerprint density at radius 1 is 1.47 bits per heavy atom. The number of hydrogen-bond acceptors (Lipinski definition) is 4. The molecule has 0 radical (unpaired) electrons. The molecule has 0 spiro atoms. The standard InChI is InChI=1S/C14H20N2O3/c1-10(11-3-2-4-12(17)9-11)16-13(18)14(15)5-7-19-8-6-14/h2-4,9-10,17H,5-8,15H2,1H3,(H,16,18). The largest absolute Gasteiger partial charge is 0.508 e. The number of nitrogens with one attached hydrogen (secondary N) is 1. The van der Waals surface area contributed by atoms with E-state index in [4.69, 9.17) is 10.5 Å². The van der Waals surface area contributed by atoms with Crippen LogP contribution >= 0.6 is 0 Å². The van der Waals surface area contributed by atoms with E-state index < -0.39 is 5.54 Å². The zero-order valence-corrected chi connectivity index (χ0v) is 11.1. The number of aromatic hydroxyl groups is 1. The molecule has 1 aromatic rings. The van der Waals surface area contributed by atoms with Gasteiger partial charge in [-0.3, -0.25) is 4.79 Å². The van der Waals surface area contributed by atoms with Gasteiger partial charge in [-0.2, -0.15) is 0 Å². The molecule has 1 atom stereocenters. The number of rotatable bonds is 3. The summed E-state index contributed by atoms with van der Waals surface area (Å²) in [6.45, 7) is 2.91. The van der Waals surface area contributed by atoms with Crippen molar-refractivity contribution in [1.82, 2.24) is 5.32 Å². The molecule has 0 bridgehead atoms. The van der Waals surface area contributed by atoms with Crippen LogP contribution in [0.2, 0.25) is 0 Å². The highest BCUT2D eigenvalue weighted by molar-refractivity contribution is 5.86. The summed E-state index contributed by atoms with van der Waals surface area (Å²) >= 11 is 0. The monoisotopic (exact) mass is 264 g/mol. The van der Waals surface area contributed by atoms with Crippen LogP contribution in [-0.4, -0.2) is 29.8 Å². The molecule has 1 heterocycles. The van der Waals surface area contributed by atoms with Crippen LogP contribution < -0.4 is 11.1 Å². The summed E-state index contributed by atoms with van der Waals surface area (Å²) in [4.78, 5) is 12.2. The normalized spacial score (nSPS) is 19.7. The van der Waals surface area contributed by atoms with Crippen molar-refractivity contribution in [3.05, 3.63) is 29.8 Å². The van der Waals surface area contributed by atoms with E-state index in [-0.39, 0.29) is 17.7 Å². The fourth-order valence-corrected chi connectivity index (χ4v) is 2.18. The van der Waals surface area contributed by atoms with E-state index in [2.05, 4.69) is 5.32 Å². The van der Waals surface area contributed by atoms with Gasteiger partial charge in [-0.1, -0.05) is 12.1 Å². The molecule has 4 N–H and O–H groups in total. The van der Waals surface area contributed by atoms with Gasteiger partial charge in [-0.25, -0.2) is 0 Å². The van der Waals surface area contributed by atoms with Gasteiger partial charge in [0.25, 0.3) is 0 Å². The minimum atomic E-state index is -0.844. The van der Waals surface area contributed by atoms with Crippen molar-refractivity contribution in [1.29, 1.82) is 0 Å². The summed E-state index contributed by atoms with van der Waals surface area (Å²) in [5.41, 5.74) is 6.12. The van der Waals surface area contributed by atoms with Gasteiger partial charge in [0.1, 0.15) is 5.75 Å². The fourth-order valence-electron chi connectivity index (χ4n) is 2.18. The number of amides is 1. The number of ether oxygens (including phenoxy) is 1. The van der Waals surface area contributed by atoms with Crippen LogP contribution in [-0.2, 0) is 9.53 Å². The molecule has 2 rings (SSSR count). The van der Waals surface area contributed by atoms with Gasteiger partial charge in [0, 0.05) is 13.2 Å². The third-order valence-electron chi connectivity index (χ3n) is 3.56. The molecule has 0 saturated carbocycles. The van der Waals surface area contributed by atoms with Crippen LogP contribution in [0.5, 0.6) is 5.75 Å². The third kappa shape index (κ3) is 3.24. The lowest BCUT2D eigenvalue weighted by atomic mass is 9.90. The molecule has 1 aliphatic heterocycles. The third-order valence-corrected chi connectivity index (χ3v) is 3.56. The molecule has 1 amide bonds. The first-order chi connectivity index (χ1) is 9.01. The van der Waals surface area contributed by atoms with Crippen molar-refractivity contribution >= 4 is 5.91 Å². The van der Waals surface area contributed by atoms with E-state index in [9.17, 15) is 9.90 Å². The summed E-state index contributed by atoms with van der Waals surface area (Å²) in [5.74, 6) is 0.0266. The summed E-state index contributed by atoms with van der Waals surface area (Å²) in [6.07, 6.45) is 1.07. The molecule has 19 heavy (non-hydrogen) atoms. The second-order valence-electron chi connectivity index (χ2n) is 5.06. The van der Waals surface area contributed by atoms with E-state index in [0.29, 0.717) is 26.1 Å². The van der Waals surface area contributed by atoms with Crippen LogP contribution in [0.3, 0.4) is 0 Å². The zero-order chi connectivity index (χ0) is 13.9. The molecule has 1 fully saturated rings. The van der Waals surface area contributed by atoms with Crippen molar-refractivity contribution in [2.45, 2.75) is 31.3 Å². The smallest absolute Gasteiger partial charge is 0.240 e. The molecule has 1 saturated heterocycles. The molecular formula is C14H20N2O3. The van der Waals surface area contributed by atoms with E-state index in [1.807, 2.05) is 13.0 Å². The van der Waals surface area contributed by atoms with Gasteiger partial charge in [-0.05, 0) is 37.5 Å². The molecule has 0 aromatic heterocycles. The number of phenolic OH excluding ortho intramolecular Hbond substituents is 1.